The van der Waals surface area contributed by atoms with Crippen LogP contribution in [0.4, 0.5) is 5.69 Å². The van der Waals surface area contributed by atoms with Crippen LogP contribution in [-0.2, 0) is 0 Å². The van der Waals surface area contributed by atoms with E-state index < -0.39 is 0 Å². The number of rotatable bonds is 1. The number of hydrogen-bond donors (Lipinski definition) is 1. The molecule has 0 saturated heterocycles. The predicted octanol–water partition coefficient (Wildman–Crippen LogP) is 4.19. The summed E-state index contributed by atoms with van der Waals surface area (Å²) in [7, 11) is 0. The van der Waals surface area contributed by atoms with Crippen LogP contribution in [0.5, 0.6) is 0 Å². The second-order valence-electron chi connectivity index (χ2n) is 4.22. The highest BCUT2D eigenvalue weighted by Gasteiger charge is 2.11. The molecular formula is C13H14N2S2. The third kappa shape index (κ3) is 2.48. The molecule has 1 aliphatic heterocycles. The minimum atomic E-state index is 0.448. The van der Waals surface area contributed by atoms with Gasteiger partial charge in [0.25, 0.3) is 0 Å². The molecule has 1 aromatic carbocycles. The van der Waals surface area contributed by atoms with Gasteiger partial charge in [-0.25, -0.2) is 0 Å². The lowest BCUT2D eigenvalue weighted by Crippen LogP contribution is -2.17. The summed E-state index contributed by atoms with van der Waals surface area (Å²) in [4.78, 5) is 4.62. The van der Waals surface area contributed by atoms with Gasteiger partial charge >= 0.3 is 0 Å². The first-order valence-electron chi connectivity index (χ1n) is 5.76. The van der Waals surface area contributed by atoms with E-state index in [-0.39, 0.29) is 0 Å². The topological polar surface area (TPSA) is 24.4 Å². The van der Waals surface area contributed by atoms with Gasteiger partial charge in [0.1, 0.15) is 0 Å². The number of nitrogens with zero attached hydrogens (tertiary/aromatic N) is 1. The van der Waals surface area contributed by atoms with Crippen LogP contribution in [0.15, 0.2) is 34.6 Å². The lowest BCUT2D eigenvalue weighted by Gasteiger charge is -2.17. The van der Waals surface area contributed by atoms with Gasteiger partial charge in [0.2, 0.25) is 0 Å². The molecule has 2 nitrogen and oxygen atoms in total. The molecule has 1 N–H and O–H groups in total. The zero-order valence-corrected chi connectivity index (χ0v) is 11.3. The van der Waals surface area contributed by atoms with Gasteiger partial charge in [-0.2, -0.15) is 0 Å². The highest BCUT2D eigenvalue weighted by Crippen LogP contribution is 2.25. The Bertz CT molecular complexity index is 559. The van der Waals surface area contributed by atoms with Crippen molar-refractivity contribution >= 4 is 44.0 Å². The molecule has 0 spiro atoms. The fraction of sp³-hybridized carbons (Fsp3) is 0.308. The van der Waals surface area contributed by atoms with E-state index in [1.54, 1.807) is 11.3 Å². The van der Waals surface area contributed by atoms with Crippen LogP contribution in [0.1, 0.15) is 13.3 Å². The Morgan fingerprint density at radius 1 is 1.35 bits per heavy atom. The summed E-state index contributed by atoms with van der Waals surface area (Å²) in [6.07, 6.45) is 1.18. The zero-order valence-electron chi connectivity index (χ0n) is 9.64. The first-order valence-corrected chi connectivity index (χ1v) is 7.63. The van der Waals surface area contributed by atoms with Gasteiger partial charge in [0.15, 0.2) is 5.17 Å². The first-order chi connectivity index (χ1) is 8.31. The molecule has 2 aromatic rings. The predicted molar refractivity (Wildman–Crippen MR) is 79.4 cm³/mol. The summed E-state index contributed by atoms with van der Waals surface area (Å²) in [5.41, 5.74) is 1.14. The number of amidine groups is 1. The average molecular weight is 262 g/mol. The Kier molecular flexibility index (Phi) is 3.07. The summed E-state index contributed by atoms with van der Waals surface area (Å²) in [5.74, 6) is 1.16. The van der Waals surface area contributed by atoms with Gasteiger partial charge in [0.05, 0.1) is 6.04 Å². The van der Waals surface area contributed by atoms with Crippen molar-refractivity contribution < 1.29 is 0 Å². The maximum absolute atomic E-state index is 4.62. The fourth-order valence-electron chi connectivity index (χ4n) is 1.86. The lowest BCUT2D eigenvalue weighted by atomic mass is 10.2. The molecule has 0 amide bonds. The van der Waals surface area contributed by atoms with Gasteiger partial charge < -0.3 is 5.32 Å². The minimum absolute atomic E-state index is 0.448. The number of fused-ring (bicyclic) bond motifs is 1. The molecule has 1 unspecified atom stereocenters. The second-order valence-corrected chi connectivity index (χ2v) is 6.25. The molecule has 0 aliphatic carbocycles. The van der Waals surface area contributed by atoms with Crippen LogP contribution in [-0.4, -0.2) is 17.0 Å². The zero-order chi connectivity index (χ0) is 11.7. The monoisotopic (exact) mass is 262 g/mol. The van der Waals surface area contributed by atoms with Crippen LogP contribution < -0.4 is 5.32 Å². The smallest absolute Gasteiger partial charge is 0.161 e. The normalized spacial score (nSPS) is 20.3. The van der Waals surface area contributed by atoms with Gasteiger partial charge in [-0.05, 0) is 48.4 Å². The third-order valence-electron chi connectivity index (χ3n) is 2.82. The van der Waals surface area contributed by atoms with Crippen molar-refractivity contribution in [2.75, 3.05) is 11.1 Å². The van der Waals surface area contributed by atoms with Crippen molar-refractivity contribution in [2.45, 2.75) is 19.4 Å². The lowest BCUT2D eigenvalue weighted by molar-refractivity contribution is 0.720. The van der Waals surface area contributed by atoms with Crippen molar-refractivity contribution in [3.63, 3.8) is 0 Å². The summed E-state index contributed by atoms with van der Waals surface area (Å²) in [5, 5.41) is 7.89. The fourth-order valence-corrected chi connectivity index (χ4v) is 3.73. The molecule has 3 rings (SSSR count). The maximum atomic E-state index is 4.62. The summed E-state index contributed by atoms with van der Waals surface area (Å²) < 4.78 is 1.34. The SMILES string of the molecule is CC1CCSC(Nc2ccc3sccc3c2)=N1. The maximum Gasteiger partial charge on any atom is 0.161 e. The van der Waals surface area contributed by atoms with Gasteiger partial charge in [-0.1, -0.05) is 11.8 Å². The molecule has 4 heteroatoms. The van der Waals surface area contributed by atoms with E-state index in [1.807, 2.05) is 11.8 Å². The molecule has 0 saturated carbocycles. The Morgan fingerprint density at radius 3 is 3.18 bits per heavy atom. The van der Waals surface area contributed by atoms with E-state index in [4.69, 9.17) is 0 Å². The molecule has 1 aromatic heterocycles. The first kappa shape index (κ1) is 11.1. The Balaban J connectivity index is 1.84. The van der Waals surface area contributed by atoms with Crippen LogP contribution in [0.3, 0.4) is 0 Å². The molecule has 88 valence electrons. The molecular weight excluding hydrogens is 248 g/mol. The highest BCUT2D eigenvalue weighted by molar-refractivity contribution is 8.14. The van der Waals surface area contributed by atoms with E-state index in [2.05, 4.69) is 46.9 Å². The summed E-state index contributed by atoms with van der Waals surface area (Å²) >= 11 is 3.59. The number of thioether (sulfide) groups is 1. The van der Waals surface area contributed by atoms with Crippen molar-refractivity contribution in [1.82, 2.24) is 0 Å². The van der Waals surface area contributed by atoms with Crippen molar-refractivity contribution in [3.05, 3.63) is 29.6 Å². The third-order valence-corrected chi connectivity index (χ3v) is 4.63. The van der Waals surface area contributed by atoms with E-state index >= 15 is 0 Å². The van der Waals surface area contributed by atoms with Crippen LogP contribution >= 0.6 is 23.1 Å². The number of nitrogens with one attached hydrogen (secondary N) is 1. The van der Waals surface area contributed by atoms with Crippen LogP contribution in [0.25, 0.3) is 10.1 Å². The van der Waals surface area contributed by atoms with Crippen LogP contribution in [0.2, 0.25) is 0 Å². The van der Waals surface area contributed by atoms with Crippen molar-refractivity contribution in [2.24, 2.45) is 4.99 Å². The van der Waals surface area contributed by atoms with E-state index in [1.165, 1.54) is 16.5 Å². The van der Waals surface area contributed by atoms with Crippen LogP contribution in [0, 0.1) is 0 Å². The van der Waals surface area contributed by atoms with Crippen molar-refractivity contribution in [1.29, 1.82) is 0 Å². The minimum Gasteiger partial charge on any atom is -0.335 e. The largest absolute Gasteiger partial charge is 0.335 e. The molecule has 0 fully saturated rings. The molecule has 17 heavy (non-hydrogen) atoms. The van der Waals surface area contributed by atoms with E-state index in [9.17, 15) is 0 Å². The Labute approximate surface area is 109 Å². The van der Waals surface area contributed by atoms with E-state index in [0.717, 1.165) is 16.6 Å². The summed E-state index contributed by atoms with van der Waals surface area (Å²) in [6, 6.07) is 9.09. The molecule has 2 heterocycles. The number of aliphatic imine (C=N–C) groups is 1. The number of hydrogen-bond acceptors (Lipinski definition) is 4. The highest BCUT2D eigenvalue weighted by atomic mass is 32.2. The summed E-state index contributed by atoms with van der Waals surface area (Å²) in [6.45, 7) is 2.17. The molecule has 1 atom stereocenters. The molecule has 0 radical (unpaired) electrons. The van der Waals surface area contributed by atoms with E-state index in [0.29, 0.717) is 6.04 Å². The Morgan fingerprint density at radius 2 is 2.29 bits per heavy atom. The van der Waals surface area contributed by atoms with Gasteiger partial charge in [0, 0.05) is 16.1 Å². The molecule has 0 bridgehead atoms. The quantitative estimate of drug-likeness (QED) is 0.833. The van der Waals surface area contributed by atoms with Gasteiger partial charge in [-0.15, -0.1) is 11.3 Å². The van der Waals surface area contributed by atoms with Crippen molar-refractivity contribution in [3.8, 4) is 0 Å². The molecule has 1 aliphatic rings. The Hall–Kier alpha value is -1.00. The number of anilines is 1. The number of thiophene rings is 1. The second kappa shape index (κ2) is 4.70. The standard InChI is InChI=1S/C13H14N2S2/c1-9-4-6-17-13(14-9)15-11-2-3-12-10(8-11)5-7-16-12/h2-3,5,7-9H,4,6H2,1H3,(H,14,15). The van der Waals surface area contributed by atoms with Gasteiger partial charge in [-0.3, -0.25) is 4.99 Å². The average Bonchev–Trinajstić information content (AvgIpc) is 2.76. The number of benzene rings is 1.